The van der Waals surface area contributed by atoms with Crippen LogP contribution in [0.5, 0.6) is 11.5 Å². The number of methoxy groups -OCH3 is 2. The van der Waals surface area contributed by atoms with E-state index in [1.807, 2.05) is 6.07 Å². The molecule has 1 aliphatic rings. The van der Waals surface area contributed by atoms with Gasteiger partial charge in [-0.05, 0) is 49.4 Å². The summed E-state index contributed by atoms with van der Waals surface area (Å²) in [5.41, 5.74) is 1.75. The van der Waals surface area contributed by atoms with Crippen LogP contribution in [-0.2, 0) is 9.53 Å². The lowest BCUT2D eigenvalue weighted by Crippen LogP contribution is -2.27. The van der Waals surface area contributed by atoms with Crippen LogP contribution in [0.25, 0.3) is 6.08 Å². The molecule has 29 heavy (non-hydrogen) atoms. The van der Waals surface area contributed by atoms with Gasteiger partial charge < -0.3 is 14.2 Å². The van der Waals surface area contributed by atoms with E-state index in [-0.39, 0.29) is 5.91 Å². The molecule has 0 saturated carbocycles. The van der Waals surface area contributed by atoms with Gasteiger partial charge in [-0.15, -0.1) is 0 Å². The first-order valence-electron chi connectivity index (χ1n) is 8.75. The van der Waals surface area contributed by atoms with Gasteiger partial charge in [0.1, 0.15) is 11.5 Å². The Morgan fingerprint density at radius 2 is 1.86 bits per heavy atom. The first-order chi connectivity index (χ1) is 14.0. The summed E-state index contributed by atoms with van der Waals surface area (Å²) in [4.78, 5) is 26.7. The number of rotatable bonds is 6. The molecule has 2 aromatic carbocycles. The first kappa shape index (κ1) is 20.9. The van der Waals surface area contributed by atoms with Crippen molar-refractivity contribution in [1.29, 1.82) is 0 Å². The Balaban J connectivity index is 1.86. The number of carbonyl (C=O) groups is 2. The maximum atomic E-state index is 13.0. The zero-order valence-corrected chi connectivity index (χ0v) is 17.8. The van der Waals surface area contributed by atoms with Crippen LogP contribution in [-0.4, -0.2) is 37.0 Å². The third-order valence-corrected chi connectivity index (χ3v) is 5.46. The number of anilines is 1. The van der Waals surface area contributed by atoms with E-state index >= 15 is 0 Å². The molecule has 0 aromatic heterocycles. The van der Waals surface area contributed by atoms with Crippen LogP contribution in [0.1, 0.15) is 22.8 Å². The first-order valence-corrected chi connectivity index (χ1v) is 9.98. The standard InChI is InChI=1S/C21H19NO5S2/c1-4-27-20(24)13-5-8-15(9-6-13)22-19(23)18(29-21(22)28)11-14-7-10-16(25-2)12-17(14)26-3/h5-12H,4H2,1-3H3/b18-11-. The number of hydrogen-bond donors (Lipinski definition) is 0. The molecule has 1 amide bonds. The van der Waals surface area contributed by atoms with Crippen LogP contribution < -0.4 is 14.4 Å². The Morgan fingerprint density at radius 3 is 2.48 bits per heavy atom. The van der Waals surface area contributed by atoms with E-state index in [9.17, 15) is 9.59 Å². The van der Waals surface area contributed by atoms with Crippen molar-refractivity contribution >= 4 is 51.9 Å². The van der Waals surface area contributed by atoms with E-state index in [1.165, 1.54) is 16.7 Å². The van der Waals surface area contributed by atoms with Gasteiger partial charge >= 0.3 is 5.97 Å². The van der Waals surface area contributed by atoms with E-state index < -0.39 is 5.97 Å². The monoisotopic (exact) mass is 429 g/mol. The van der Waals surface area contributed by atoms with Crippen LogP contribution in [0.2, 0.25) is 0 Å². The third-order valence-electron chi connectivity index (χ3n) is 4.16. The summed E-state index contributed by atoms with van der Waals surface area (Å²) in [6.07, 6.45) is 1.74. The van der Waals surface area contributed by atoms with Gasteiger partial charge in [0.25, 0.3) is 5.91 Å². The highest BCUT2D eigenvalue weighted by atomic mass is 32.2. The lowest BCUT2D eigenvalue weighted by molar-refractivity contribution is -0.113. The number of amides is 1. The molecule has 3 rings (SSSR count). The average molecular weight is 430 g/mol. The van der Waals surface area contributed by atoms with Crippen LogP contribution in [0, 0.1) is 0 Å². The summed E-state index contributed by atoms with van der Waals surface area (Å²) < 4.78 is 16.0. The summed E-state index contributed by atoms with van der Waals surface area (Å²) in [7, 11) is 3.13. The molecule has 6 nitrogen and oxygen atoms in total. The summed E-state index contributed by atoms with van der Waals surface area (Å²) in [5, 5.41) is 0. The topological polar surface area (TPSA) is 65.1 Å². The molecule has 1 aliphatic heterocycles. The second-order valence-corrected chi connectivity index (χ2v) is 7.57. The molecular weight excluding hydrogens is 410 g/mol. The largest absolute Gasteiger partial charge is 0.497 e. The number of esters is 1. The minimum Gasteiger partial charge on any atom is -0.497 e. The smallest absolute Gasteiger partial charge is 0.338 e. The molecule has 1 saturated heterocycles. The fourth-order valence-electron chi connectivity index (χ4n) is 2.73. The van der Waals surface area contributed by atoms with Gasteiger partial charge in [-0.2, -0.15) is 0 Å². The van der Waals surface area contributed by atoms with E-state index in [2.05, 4.69) is 0 Å². The van der Waals surface area contributed by atoms with Crippen LogP contribution >= 0.6 is 24.0 Å². The summed E-state index contributed by atoms with van der Waals surface area (Å²) >= 11 is 6.61. The fourth-order valence-corrected chi connectivity index (χ4v) is 4.02. The number of nitrogens with zero attached hydrogens (tertiary/aromatic N) is 1. The molecule has 2 aromatic rings. The highest BCUT2D eigenvalue weighted by Crippen LogP contribution is 2.37. The molecule has 0 N–H and O–H groups in total. The molecule has 0 spiro atoms. The van der Waals surface area contributed by atoms with E-state index in [4.69, 9.17) is 26.4 Å². The van der Waals surface area contributed by atoms with Crippen molar-refractivity contribution in [1.82, 2.24) is 0 Å². The van der Waals surface area contributed by atoms with E-state index in [0.717, 1.165) is 5.56 Å². The highest BCUT2D eigenvalue weighted by Gasteiger charge is 2.33. The highest BCUT2D eigenvalue weighted by molar-refractivity contribution is 8.27. The third kappa shape index (κ3) is 4.44. The van der Waals surface area contributed by atoms with Crippen LogP contribution in [0.4, 0.5) is 5.69 Å². The molecule has 150 valence electrons. The number of thioether (sulfide) groups is 1. The summed E-state index contributed by atoms with van der Waals surface area (Å²) in [6, 6.07) is 11.9. The number of benzene rings is 2. The van der Waals surface area contributed by atoms with Crippen molar-refractivity contribution < 1.29 is 23.8 Å². The predicted octanol–water partition coefficient (Wildman–Crippen LogP) is 4.29. The van der Waals surface area contributed by atoms with Gasteiger partial charge in [0, 0.05) is 11.6 Å². The van der Waals surface area contributed by atoms with Crippen molar-refractivity contribution in [2.45, 2.75) is 6.92 Å². The Morgan fingerprint density at radius 1 is 1.14 bits per heavy atom. The van der Waals surface area contributed by atoms with Crippen LogP contribution in [0.15, 0.2) is 47.4 Å². The minimum atomic E-state index is -0.407. The molecule has 1 fully saturated rings. The molecule has 0 unspecified atom stereocenters. The molecule has 0 aliphatic carbocycles. The number of carbonyl (C=O) groups excluding carboxylic acids is 2. The van der Waals surface area contributed by atoms with Crippen molar-refractivity contribution in [3.05, 3.63) is 58.5 Å². The Labute approximate surface area is 178 Å². The van der Waals surface area contributed by atoms with E-state index in [1.54, 1.807) is 63.6 Å². The van der Waals surface area contributed by atoms with Gasteiger partial charge in [0.05, 0.1) is 37.0 Å². The van der Waals surface area contributed by atoms with Crippen molar-refractivity contribution in [3.8, 4) is 11.5 Å². The maximum absolute atomic E-state index is 13.0. The molecule has 0 radical (unpaired) electrons. The minimum absolute atomic E-state index is 0.234. The van der Waals surface area contributed by atoms with Crippen molar-refractivity contribution in [2.75, 3.05) is 25.7 Å². The molecule has 1 heterocycles. The van der Waals surface area contributed by atoms with Gasteiger partial charge in [-0.1, -0.05) is 24.0 Å². The van der Waals surface area contributed by atoms with Crippen LogP contribution in [0.3, 0.4) is 0 Å². The lowest BCUT2D eigenvalue weighted by Gasteiger charge is -2.14. The summed E-state index contributed by atoms with van der Waals surface area (Å²) in [5.74, 6) is 0.610. The lowest BCUT2D eigenvalue weighted by atomic mass is 10.1. The quantitative estimate of drug-likeness (QED) is 0.386. The normalized spacial score (nSPS) is 15.0. The Bertz CT molecular complexity index is 985. The van der Waals surface area contributed by atoms with E-state index in [0.29, 0.717) is 38.6 Å². The second-order valence-electron chi connectivity index (χ2n) is 5.89. The van der Waals surface area contributed by atoms with Crippen molar-refractivity contribution in [3.63, 3.8) is 0 Å². The number of thiocarbonyl (C=S) groups is 1. The fraction of sp³-hybridized carbons (Fsp3) is 0.190. The maximum Gasteiger partial charge on any atom is 0.338 e. The molecular formula is C21H19NO5S2. The Hall–Kier alpha value is -2.84. The SMILES string of the molecule is CCOC(=O)c1ccc(N2C(=O)/C(=C/c3ccc(OC)cc3OC)SC2=S)cc1. The number of ether oxygens (including phenoxy) is 3. The van der Waals surface area contributed by atoms with Crippen molar-refractivity contribution in [2.24, 2.45) is 0 Å². The van der Waals surface area contributed by atoms with Gasteiger partial charge in [0.2, 0.25) is 0 Å². The summed E-state index contributed by atoms with van der Waals surface area (Å²) in [6.45, 7) is 2.05. The molecule has 8 heteroatoms. The second kappa shape index (κ2) is 9.11. The molecule has 0 atom stereocenters. The zero-order chi connectivity index (χ0) is 21.0. The average Bonchev–Trinajstić information content (AvgIpc) is 3.01. The Kier molecular flexibility index (Phi) is 6.56. The van der Waals surface area contributed by atoms with Gasteiger partial charge in [-0.25, -0.2) is 4.79 Å². The zero-order valence-electron chi connectivity index (χ0n) is 16.1. The number of hydrogen-bond acceptors (Lipinski definition) is 7. The van der Waals surface area contributed by atoms with Gasteiger partial charge in [0.15, 0.2) is 4.32 Å². The molecule has 0 bridgehead atoms. The predicted molar refractivity (Wildman–Crippen MR) is 118 cm³/mol. The van der Waals surface area contributed by atoms with Gasteiger partial charge in [-0.3, -0.25) is 9.69 Å².